The van der Waals surface area contributed by atoms with Gasteiger partial charge < -0.3 is 9.64 Å². The topological polar surface area (TPSA) is 72.7 Å². The molecule has 0 aliphatic carbocycles. The van der Waals surface area contributed by atoms with Crippen LogP contribution in [-0.2, 0) is 11.3 Å². The van der Waals surface area contributed by atoms with Crippen LogP contribution >= 0.6 is 0 Å². The van der Waals surface area contributed by atoms with E-state index < -0.39 is 5.54 Å². The van der Waals surface area contributed by atoms with E-state index in [1.165, 1.54) is 0 Å². The highest BCUT2D eigenvalue weighted by Gasteiger charge is 2.47. The summed E-state index contributed by atoms with van der Waals surface area (Å²) in [5.41, 5.74) is -0.0895. The highest BCUT2D eigenvalue weighted by Crippen LogP contribution is 2.31. The van der Waals surface area contributed by atoms with E-state index in [1.54, 1.807) is 25.9 Å². The summed E-state index contributed by atoms with van der Waals surface area (Å²) in [4.78, 5) is 24.6. The molecule has 6 nitrogen and oxygen atoms in total. The molecule has 1 heterocycles. The molecule has 1 aromatic rings. The minimum absolute atomic E-state index is 0.0225. The number of ether oxygens (including phenoxy) is 1. The summed E-state index contributed by atoms with van der Waals surface area (Å²) in [7, 11) is 1.60. The first-order valence-electron chi connectivity index (χ1n) is 6.89. The van der Waals surface area contributed by atoms with Crippen molar-refractivity contribution in [2.24, 2.45) is 5.92 Å². The van der Waals surface area contributed by atoms with Crippen LogP contribution in [0.25, 0.3) is 0 Å². The third-order valence-electron chi connectivity index (χ3n) is 4.22. The van der Waals surface area contributed by atoms with E-state index in [0.717, 1.165) is 11.3 Å². The van der Waals surface area contributed by atoms with Crippen LogP contribution in [0.1, 0.15) is 25.8 Å². The number of carbonyl (C=O) groups is 1. The Kier molecular flexibility index (Phi) is 4.16. The van der Waals surface area contributed by atoms with Crippen molar-refractivity contribution >= 4 is 5.91 Å². The van der Waals surface area contributed by atoms with Crippen LogP contribution in [-0.4, -0.2) is 34.9 Å². The maximum atomic E-state index is 12.1. The molecule has 1 unspecified atom stereocenters. The van der Waals surface area contributed by atoms with E-state index in [-0.39, 0.29) is 23.2 Å². The molecule has 0 aromatic heterocycles. The number of nitro groups is 1. The molecule has 1 aliphatic rings. The van der Waals surface area contributed by atoms with Gasteiger partial charge in [0.1, 0.15) is 5.75 Å². The lowest BCUT2D eigenvalue weighted by Crippen LogP contribution is -2.41. The van der Waals surface area contributed by atoms with Gasteiger partial charge >= 0.3 is 0 Å². The lowest BCUT2D eigenvalue weighted by atomic mass is 9.87. The second kappa shape index (κ2) is 5.71. The first-order valence-corrected chi connectivity index (χ1v) is 6.89. The molecule has 114 valence electrons. The zero-order valence-corrected chi connectivity index (χ0v) is 12.5. The molecule has 1 aromatic carbocycles. The third-order valence-corrected chi connectivity index (χ3v) is 4.22. The highest BCUT2D eigenvalue weighted by molar-refractivity contribution is 5.78. The van der Waals surface area contributed by atoms with Crippen LogP contribution in [0.15, 0.2) is 24.3 Å². The van der Waals surface area contributed by atoms with E-state index in [1.807, 2.05) is 24.3 Å². The van der Waals surface area contributed by atoms with Crippen LogP contribution in [0.2, 0.25) is 0 Å². The average Bonchev–Trinajstić information content (AvgIpc) is 2.81. The number of hydrogen-bond donors (Lipinski definition) is 0. The zero-order chi connectivity index (χ0) is 15.6. The number of amides is 1. The first kappa shape index (κ1) is 15.3. The van der Waals surface area contributed by atoms with Crippen molar-refractivity contribution in [3.63, 3.8) is 0 Å². The summed E-state index contributed by atoms with van der Waals surface area (Å²) < 4.78 is 5.09. The molecule has 21 heavy (non-hydrogen) atoms. The van der Waals surface area contributed by atoms with Crippen molar-refractivity contribution in [1.82, 2.24) is 4.90 Å². The highest BCUT2D eigenvalue weighted by atomic mass is 16.6. The molecule has 1 atom stereocenters. The fourth-order valence-electron chi connectivity index (χ4n) is 2.50. The number of nitrogens with zero attached hydrogens (tertiary/aromatic N) is 2. The Hall–Kier alpha value is -2.11. The SMILES string of the molecule is COc1ccc(CN2CC(C(C)(C)[N+](=O)[O-])CC2=O)cc1. The Balaban J connectivity index is 2.05. The Morgan fingerprint density at radius 1 is 1.38 bits per heavy atom. The summed E-state index contributed by atoms with van der Waals surface area (Å²) in [6.45, 7) is 4.08. The summed E-state index contributed by atoms with van der Waals surface area (Å²) in [6.07, 6.45) is 0.240. The van der Waals surface area contributed by atoms with Crippen LogP contribution in [0, 0.1) is 16.0 Å². The predicted octanol–water partition coefficient (Wildman–Crippen LogP) is 2.10. The van der Waals surface area contributed by atoms with Gasteiger partial charge in [-0.15, -0.1) is 0 Å². The zero-order valence-electron chi connectivity index (χ0n) is 12.5. The van der Waals surface area contributed by atoms with Crippen LogP contribution in [0.4, 0.5) is 0 Å². The van der Waals surface area contributed by atoms with E-state index in [0.29, 0.717) is 13.1 Å². The maximum absolute atomic E-state index is 12.1. The summed E-state index contributed by atoms with van der Waals surface area (Å²) in [5.74, 6) is 0.489. The smallest absolute Gasteiger partial charge is 0.223 e. The molecule has 2 rings (SSSR count). The Morgan fingerprint density at radius 2 is 2.00 bits per heavy atom. The number of carbonyl (C=O) groups excluding carboxylic acids is 1. The fraction of sp³-hybridized carbons (Fsp3) is 0.533. The van der Waals surface area contributed by atoms with Crippen molar-refractivity contribution in [2.45, 2.75) is 32.4 Å². The Bertz CT molecular complexity index is 539. The van der Waals surface area contributed by atoms with Gasteiger partial charge in [0.2, 0.25) is 11.4 Å². The molecule has 0 bridgehead atoms. The van der Waals surface area contributed by atoms with Crippen molar-refractivity contribution in [3.8, 4) is 5.75 Å². The van der Waals surface area contributed by atoms with Crippen LogP contribution in [0.3, 0.4) is 0 Å². The Morgan fingerprint density at radius 3 is 2.52 bits per heavy atom. The van der Waals surface area contributed by atoms with Crippen molar-refractivity contribution in [3.05, 3.63) is 39.9 Å². The quantitative estimate of drug-likeness (QED) is 0.615. The maximum Gasteiger partial charge on any atom is 0.223 e. The van der Waals surface area contributed by atoms with Gasteiger partial charge in [0.15, 0.2) is 0 Å². The summed E-state index contributed by atoms with van der Waals surface area (Å²) in [5, 5.41) is 11.1. The van der Waals surface area contributed by atoms with Crippen molar-refractivity contribution in [1.29, 1.82) is 0 Å². The molecule has 1 aliphatic heterocycles. The summed E-state index contributed by atoms with van der Waals surface area (Å²) >= 11 is 0. The minimum Gasteiger partial charge on any atom is -0.497 e. The standard InChI is InChI=1S/C15H20N2O4/c1-15(2,17(19)20)12-8-14(18)16(10-12)9-11-4-6-13(21-3)7-5-11/h4-7,12H,8-10H2,1-3H3. The summed E-state index contributed by atoms with van der Waals surface area (Å²) in [6, 6.07) is 7.48. The van der Waals surface area contributed by atoms with Gasteiger partial charge in [0.25, 0.3) is 0 Å². The predicted molar refractivity (Wildman–Crippen MR) is 77.6 cm³/mol. The lowest BCUT2D eigenvalue weighted by Gasteiger charge is -2.23. The molecule has 1 fully saturated rings. The first-order chi connectivity index (χ1) is 9.84. The van der Waals surface area contributed by atoms with Gasteiger partial charge in [0.05, 0.1) is 13.0 Å². The molecular formula is C15H20N2O4. The number of likely N-dealkylation sites (tertiary alicyclic amines) is 1. The second-order valence-corrected chi connectivity index (χ2v) is 5.93. The molecule has 1 amide bonds. The van der Waals surface area contributed by atoms with E-state index in [2.05, 4.69) is 0 Å². The second-order valence-electron chi connectivity index (χ2n) is 5.93. The normalized spacial score (nSPS) is 18.9. The van der Waals surface area contributed by atoms with Gasteiger partial charge in [-0.3, -0.25) is 14.9 Å². The molecule has 0 radical (unpaired) electrons. The molecule has 6 heteroatoms. The third kappa shape index (κ3) is 3.15. The van der Waals surface area contributed by atoms with E-state index in [9.17, 15) is 14.9 Å². The van der Waals surface area contributed by atoms with E-state index >= 15 is 0 Å². The number of benzene rings is 1. The van der Waals surface area contributed by atoms with Crippen molar-refractivity contribution < 1.29 is 14.5 Å². The molecule has 0 saturated carbocycles. The number of rotatable bonds is 5. The molecule has 0 N–H and O–H groups in total. The van der Waals surface area contributed by atoms with Gasteiger partial charge in [0, 0.05) is 38.3 Å². The minimum atomic E-state index is -1.08. The van der Waals surface area contributed by atoms with Crippen LogP contribution < -0.4 is 4.74 Å². The van der Waals surface area contributed by atoms with Crippen LogP contribution in [0.5, 0.6) is 5.75 Å². The number of methoxy groups -OCH3 is 1. The molecule has 0 spiro atoms. The van der Waals surface area contributed by atoms with Gasteiger partial charge in [-0.1, -0.05) is 12.1 Å². The largest absolute Gasteiger partial charge is 0.497 e. The Labute approximate surface area is 123 Å². The van der Waals surface area contributed by atoms with E-state index in [4.69, 9.17) is 4.74 Å². The average molecular weight is 292 g/mol. The van der Waals surface area contributed by atoms with Gasteiger partial charge in [-0.05, 0) is 17.7 Å². The van der Waals surface area contributed by atoms with Gasteiger partial charge in [-0.25, -0.2) is 0 Å². The fourth-order valence-corrected chi connectivity index (χ4v) is 2.50. The number of hydrogen-bond acceptors (Lipinski definition) is 4. The monoisotopic (exact) mass is 292 g/mol. The molecular weight excluding hydrogens is 272 g/mol. The lowest BCUT2D eigenvalue weighted by molar-refractivity contribution is -0.570. The van der Waals surface area contributed by atoms with Gasteiger partial charge in [-0.2, -0.15) is 0 Å². The van der Waals surface area contributed by atoms with Crippen molar-refractivity contribution in [2.75, 3.05) is 13.7 Å². The molecule has 1 saturated heterocycles.